The summed E-state index contributed by atoms with van der Waals surface area (Å²) in [6, 6.07) is -0.420. The van der Waals surface area contributed by atoms with Crippen molar-refractivity contribution in [2.45, 2.75) is 32.2 Å². The molecular weight excluding hydrogens is 226 g/mol. The van der Waals surface area contributed by atoms with Crippen LogP contribution in [0.1, 0.15) is 36.8 Å². The van der Waals surface area contributed by atoms with Crippen molar-refractivity contribution < 1.29 is 14.7 Å². The van der Waals surface area contributed by atoms with Gasteiger partial charge in [-0.1, -0.05) is 13.3 Å². The third kappa shape index (κ3) is 4.09. The molecule has 0 spiro atoms. The van der Waals surface area contributed by atoms with Gasteiger partial charge >= 0.3 is 5.97 Å². The maximum atomic E-state index is 11.6. The number of carboxylic acid groups (broad SMARTS) is 1. The lowest BCUT2D eigenvalue weighted by Crippen LogP contribution is -2.37. The van der Waals surface area contributed by atoms with Crippen LogP contribution in [0, 0.1) is 0 Å². The number of aromatic amines is 1. The number of hydrogen-bond acceptors (Lipinski definition) is 5. The molecule has 0 saturated carbocycles. The fraction of sp³-hybridized carbons (Fsp3) is 0.556. The highest BCUT2D eigenvalue weighted by Gasteiger charge is 2.18. The van der Waals surface area contributed by atoms with Gasteiger partial charge in [-0.05, 0) is 6.42 Å². The molecule has 8 heteroatoms. The number of carbonyl (C=O) groups excluding carboxylic acids is 1. The number of carboxylic acids is 1. The molecule has 0 fully saturated rings. The minimum Gasteiger partial charge on any atom is -0.481 e. The lowest BCUT2D eigenvalue weighted by molar-refractivity contribution is -0.137. The summed E-state index contributed by atoms with van der Waals surface area (Å²) in [6.07, 6.45) is 1.24. The molecule has 8 nitrogen and oxygen atoms in total. The predicted molar refractivity (Wildman–Crippen MR) is 59.2 cm³/mol. The first kappa shape index (κ1) is 12.9. The molecule has 0 aromatic carbocycles. The van der Waals surface area contributed by atoms with E-state index in [0.29, 0.717) is 6.42 Å². The average Bonchev–Trinajstić information content (AvgIpc) is 2.64. The summed E-state index contributed by atoms with van der Waals surface area (Å²) in [7, 11) is 0. The second-order valence-corrected chi connectivity index (χ2v) is 3.60. The van der Waals surface area contributed by atoms with E-state index in [4.69, 9.17) is 10.8 Å². The molecule has 0 aliphatic heterocycles. The summed E-state index contributed by atoms with van der Waals surface area (Å²) in [4.78, 5) is 25.9. The number of anilines is 1. The standard InChI is InChI=1S/C9H15N5O3/c1-2-3-5(4-6(15)16)11-8(17)7-12-9(10)14-13-7/h5H,2-4H2,1H3,(H,11,17)(H,15,16)(H3,10,12,13,14). The van der Waals surface area contributed by atoms with Gasteiger partial charge in [0.05, 0.1) is 6.42 Å². The van der Waals surface area contributed by atoms with E-state index in [1.165, 1.54) is 0 Å². The Hall–Kier alpha value is -2.12. The van der Waals surface area contributed by atoms with Crippen molar-refractivity contribution in [1.29, 1.82) is 0 Å². The van der Waals surface area contributed by atoms with Crippen LogP contribution in [-0.4, -0.2) is 38.2 Å². The van der Waals surface area contributed by atoms with Gasteiger partial charge in [0, 0.05) is 6.04 Å². The summed E-state index contributed by atoms with van der Waals surface area (Å²) in [5.74, 6) is -1.51. The van der Waals surface area contributed by atoms with Gasteiger partial charge in [-0.25, -0.2) is 0 Å². The van der Waals surface area contributed by atoms with Gasteiger partial charge in [-0.3, -0.25) is 14.7 Å². The number of carbonyl (C=O) groups is 2. The monoisotopic (exact) mass is 241 g/mol. The Morgan fingerprint density at radius 1 is 1.59 bits per heavy atom. The molecule has 94 valence electrons. The first-order valence-electron chi connectivity index (χ1n) is 5.23. The molecular formula is C9H15N5O3. The number of aliphatic carboxylic acids is 1. The van der Waals surface area contributed by atoms with Gasteiger partial charge in [0.15, 0.2) is 0 Å². The van der Waals surface area contributed by atoms with Crippen LogP contribution in [0.2, 0.25) is 0 Å². The number of aromatic nitrogens is 3. The molecule has 0 saturated heterocycles. The lowest BCUT2D eigenvalue weighted by Gasteiger charge is -2.14. The first-order chi connectivity index (χ1) is 8.02. The smallest absolute Gasteiger partial charge is 0.305 e. The van der Waals surface area contributed by atoms with Crippen LogP contribution in [0.4, 0.5) is 5.95 Å². The van der Waals surface area contributed by atoms with E-state index in [1.54, 1.807) is 0 Å². The van der Waals surface area contributed by atoms with Crippen LogP contribution in [0.5, 0.6) is 0 Å². The van der Waals surface area contributed by atoms with E-state index < -0.39 is 17.9 Å². The van der Waals surface area contributed by atoms with Crippen molar-refractivity contribution in [1.82, 2.24) is 20.5 Å². The number of nitrogen functional groups attached to an aromatic ring is 1. The van der Waals surface area contributed by atoms with Crippen LogP contribution >= 0.6 is 0 Å². The molecule has 0 aliphatic carbocycles. The second-order valence-electron chi connectivity index (χ2n) is 3.60. The van der Waals surface area contributed by atoms with Crippen LogP contribution in [0.25, 0.3) is 0 Å². The third-order valence-corrected chi connectivity index (χ3v) is 2.11. The SMILES string of the molecule is CCCC(CC(=O)O)NC(=O)c1nc(N)n[nH]1. The van der Waals surface area contributed by atoms with E-state index >= 15 is 0 Å². The van der Waals surface area contributed by atoms with Gasteiger partial charge in [0.25, 0.3) is 5.91 Å². The number of nitrogens with zero attached hydrogens (tertiary/aromatic N) is 2. The van der Waals surface area contributed by atoms with Crippen molar-refractivity contribution in [2.75, 3.05) is 5.73 Å². The molecule has 0 bridgehead atoms. The third-order valence-electron chi connectivity index (χ3n) is 2.11. The first-order valence-corrected chi connectivity index (χ1v) is 5.23. The molecule has 5 N–H and O–H groups in total. The fourth-order valence-electron chi connectivity index (χ4n) is 1.41. The predicted octanol–water partition coefficient (Wildman–Crippen LogP) is -0.240. The number of H-pyrrole nitrogens is 1. The number of hydrogen-bond donors (Lipinski definition) is 4. The van der Waals surface area contributed by atoms with Crippen LogP contribution in [-0.2, 0) is 4.79 Å². The van der Waals surface area contributed by atoms with Gasteiger partial charge in [-0.2, -0.15) is 4.98 Å². The number of nitrogens with two attached hydrogens (primary N) is 1. The number of rotatable bonds is 6. The molecule has 0 radical (unpaired) electrons. The molecule has 17 heavy (non-hydrogen) atoms. The van der Waals surface area contributed by atoms with Crippen molar-refractivity contribution in [3.63, 3.8) is 0 Å². The quantitative estimate of drug-likeness (QED) is 0.543. The largest absolute Gasteiger partial charge is 0.481 e. The van der Waals surface area contributed by atoms with E-state index in [-0.39, 0.29) is 18.2 Å². The Bertz CT molecular complexity index is 403. The fourth-order valence-corrected chi connectivity index (χ4v) is 1.41. The molecule has 1 heterocycles. The van der Waals surface area contributed by atoms with Crippen LogP contribution in [0.15, 0.2) is 0 Å². The van der Waals surface area contributed by atoms with Crippen molar-refractivity contribution in [3.05, 3.63) is 5.82 Å². The second kappa shape index (κ2) is 5.83. The Labute approximate surface area is 97.6 Å². The highest BCUT2D eigenvalue weighted by molar-refractivity contribution is 5.91. The number of amides is 1. The van der Waals surface area contributed by atoms with E-state index in [0.717, 1.165) is 6.42 Å². The minimum atomic E-state index is -0.958. The summed E-state index contributed by atoms with van der Waals surface area (Å²) < 4.78 is 0. The molecule has 1 unspecified atom stereocenters. The van der Waals surface area contributed by atoms with Gasteiger partial charge in [-0.15, -0.1) is 5.10 Å². The van der Waals surface area contributed by atoms with Crippen molar-refractivity contribution in [2.24, 2.45) is 0 Å². The summed E-state index contributed by atoms with van der Waals surface area (Å²) in [5.41, 5.74) is 5.26. The van der Waals surface area contributed by atoms with E-state index in [1.807, 2.05) is 6.92 Å². The Balaban J connectivity index is 2.60. The molecule has 1 amide bonds. The molecule has 1 rings (SSSR count). The van der Waals surface area contributed by atoms with Crippen LogP contribution < -0.4 is 11.1 Å². The highest BCUT2D eigenvalue weighted by Crippen LogP contribution is 2.03. The molecule has 1 atom stereocenters. The average molecular weight is 241 g/mol. The maximum absolute atomic E-state index is 11.6. The van der Waals surface area contributed by atoms with E-state index in [9.17, 15) is 9.59 Å². The highest BCUT2D eigenvalue weighted by atomic mass is 16.4. The Morgan fingerprint density at radius 3 is 2.76 bits per heavy atom. The summed E-state index contributed by atoms with van der Waals surface area (Å²) >= 11 is 0. The maximum Gasteiger partial charge on any atom is 0.305 e. The van der Waals surface area contributed by atoms with Crippen molar-refractivity contribution in [3.8, 4) is 0 Å². The van der Waals surface area contributed by atoms with E-state index in [2.05, 4.69) is 20.5 Å². The van der Waals surface area contributed by atoms with Crippen LogP contribution in [0.3, 0.4) is 0 Å². The Kier molecular flexibility index (Phi) is 4.44. The molecule has 1 aromatic heterocycles. The molecule has 0 aliphatic rings. The van der Waals surface area contributed by atoms with Gasteiger partial charge < -0.3 is 16.2 Å². The number of nitrogens with one attached hydrogen (secondary N) is 2. The zero-order chi connectivity index (χ0) is 12.8. The Morgan fingerprint density at radius 2 is 2.29 bits per heavy atom. The van der Waals surface area contributed by atoms with Gasteiger partial charge in [0.2, 0.25) is 11.8 Å². The summed E-state index contributed by atoms with van der Waals surface area (Å²) in [6.45, 7) is 1.91. The zero-order valence-corrected chi connectivity index (χ0v) is 9.43. The normalized spacial score (nSPS) is 12.1. The minimum absolute atomic E-state index is 0.0195. The zero-order valence-electron chi connectivity index (χ0n) is 9.43. The lowest BCUT2D eigenvalue weighted by atomic mass is 10.1. The summed E-state index contributed by atoms with van der Waals surface area (Å²) in [5, 5.41) is 17.1. The molecule has 1 aromatic rings. The van der Waals surface area contributed by atoms with Crippen molar-refractivity contribution >= 4 is 17.8 Å². The van der Waals surface area contributed by atoms with Gasteiger partial charge in [0.1, 0.15) is 0 Å². The topological polar surface area (TPSA) is 134 Å².